The van der Waals surface area contributed by atoms with Crippen LogP contribution in [0.1, 0.15) is 23.5 Å². The number of halogens is 1. The lowest BCUT2D eigenvalue weighted by atomic mass is 10.0. The van der Waals surface area contributed by atoms with Crippen molar-refractivity contribution in [1.29, 1.82) is 0 Å². The minimum atomic E-state index is -0.186. The summed E-state index contributed by atoms with van der Waals surface area (Å²) in [5.74, 6) is 0.771. The molecule has 4 rings (SSSR count). The number of β-amino-alcohol motifs (C(OH)–C–C–N with tert-alkyl or cyclic N) is 1. The summed E-state index contributed by atoms with van der Waals surface area (Å²) in [6.07, 6.45) is 1.76. The summed E-state index contributed by atoms with van der Waals surface area (Å²) in [5.41, 5.74) is 0.874. The zero-order valence-corrected chi connectivity index (χ0v) is 17.2. The number of hydrogen-bond acceptors (Lipinski definition) is 5. The van der Waals surface area contributed by atoms with Crippen LogP contribution in [0.4, 0.5) is 0 Å². The van der Waals surface area contributed by atoms with Gasteiger partial charge in [-0.1, -0.05) is 29.4 Å². The predicted octanol–water partition coefficient (Wildman–Crippen LogP) is 4.44. The van der Waals surface area contributed by atoms with Crippen molar-refractivity contribution < 1.29 is 9.52 Å². The summed E-state index contributed by atoms with van der Waals surface area (Å²) in [6, 6.07) is 17.0. The van der Waals surface area contributed by atoms with Crippen molar-refractivity contribution in [2.75, 3.05) is 13.2 Å². The summed E-state index contributed by atoms with van der Waals surface area (Å²) in [4.78, 5) is 7.47. The molecule has 0 amide bonds. The van der Waals surface area contributed by atoms with E-state index in [0.717, 1.165) is 21.4 Å². The van der Waals surface area contributed by atoms with E-state index in [4.69, 9.17) is 28.2 Å². The van der Waals surface area contributed by atoms with Crippen LogP contribution in [0, 0.1) is 0 Å². The Labute approximate surface area is 177 Å². The van der Waals surface area contributed by atoms with E-state index in [9.17, 15) is 5.11 Å². The fraction of sp³-hybridized carbons (Fsp3) is 0.200. The minimum absolute atomic E-state index is 0.000346. The van der Waals surface area contributed by atoms with Crippen LogP contribution in [0.2, 0.25) is 5.02 Å². The second-order valence-electron chi connectivity index (χ2n) is 6.26. The Kier molecular flexibility index (Phi) is 5.87. The van der Waals surface area contributed by atoms with Crippen LogP contribution in [0.3, 0.4) is 0 Å². The molecule has 0 aliphatic carbocycles. The molecule has 1 aliphatic heterocycles. The fourth-order valence-electron chi connectivity index (χ4n) is 3.23. The number of benzene rings is 1. The molecule has 0 radical (unpaired) electrons. The molecule has 0 unspecified atom stereocenters. The Morgan fingerprint density at radius 2 is 2.00 bits per heavy atom. The molecule has 0 bridgehead atoms. The Bertz CT molecular complexity index is 950. The number of thiocarbonyl (C=S) groups is 1. The van der Waals surface area contributed by atoms with Gasteiger partial charge < -0.3 is 19.7 Å². The summed E-state index contributed by atoms with van der Waals surface area (Å²) in [6.45, 7) is 0.417. The molecule has 0 spiro atoms. The van der Waals surface area contributed by atoms with Gasteiger partial charge in [-0.15, -0.1) is 0 Å². The Morgan fingerprint density at radius 3 is 2.71 bits per heavy atom. The average Bonchev–Trinajstić information content (AvgIpc) is 3.29. The van der Waals surface area contributed by atoms with Gasteiger partial charge in [-0.25, -0.2) is 0 Å². The Balaban J connectivity index is 1.63. The molecule has 3 heterocycles. The molecule has 1 aromatic carbocycles. The van der Waals surface area contributed by atoms with E-state index in [2.05, 4.69) is 10.3 Å². The lowest BCUT2D eigenvalue weighted by Crippen LogP contribution is -2.32. The number of aliphatic hydroxyl groups excluding tert-OH is 1. The molecule has 5 nitrogen and oxygen atoms in total. The first-order valence-electron chi connectivity index (χ1n) is 8.78. The lowest BCUT2D eigenvalue weighted by Gasteiger charge is -2.25. The number of hydrogen-bond donors (Lipinski definition) is 2. The largest absolute Gasteiger partial charge is 0.452 e. The highest BCUT2D eigenvalue weighted by molar-refractivity contribution is 7.99. The third-order valence-corrected chi connectivity index (χ3v) is 6.00. The number of nitrogens with zero attached hydrogens (tertiary/aromatic N) is 2. The zero-order chi connectivity index (χ0) is 19.5. The molecule has 2 N–H and O–H groups in total. The highest BCUT2D eigenvalue weighted by Crippen LogP contribution is 2.41. The van der Waals surface area contributed by atoms with Gasteiger partial charge >= 0.3 is 0 Å². The van der Waals surface area contributed by atoms with Crippen LogP contribution < -0.4 is 5.32 Å². The standard InChI is InChI=1S/C20H18ClN3O2S2/c21-13-4-6-14(7-5-13)28-17-9-8-16(26-17)19-18(15-3-1-2-10-22-15)23-20(27)24(19)11-12-25/h1-10,18-19,25H,11-12H2,(H,23,27)/t18-,19+/m1/s1. The van der Waals surface area contributed by atoms with E-state index in [1.54, 1.807) is 6.20 Å². The van der Waals surface area contributed by atoms with E-state index in [1.165, 1.54) is 11.8 Å². The molecule has 3 aromatic rings. The van der Waals surface area contributed by atoms with Crippen LogP contribution in [0.25, 0.3) is 0 Å². The van der Waals surface area contributed by atoms with Crippen molar-refractivity contribution in [2.45, 2.75) is 22.1 Å². The number of furan rings is 1. The van der Waals surface area contributed by atoms with Gasteiger partial charge in [0, 0.05) is 22.7 Å². The van der Waals surface area contributed by atoms with Crippen LogP contribution in [-0.2, 0) is 0 Å². The van der Waals surface area contributed by atoms with Crippen molar-refractivity contribution in [2.24, 2.45) is 0 Å². The van der Waals surface area contributed by atoms with Crippen LogP contribution >= 0.6 is 35.6 Å². The average molecular weight is 432 g/mol. The van der Waals surface area contributed by atoms with Crippen molar-refractivity contribution in [3.63, 3.8) is 0 Å². The highest BCUT2D eigenvalue weighted by atomic mass is 35.5. The zero-order valence-electron chi connectivity index (χ0n) is 14.8. The van der Waals surface area contributed by atoms with Gasteiger partial charge in [-0.2, -0.15) is 0 Å². The van der Waals surface area contributed by atoms with Crippen molar-refractivity contribution in [3.05, 3.63) is 77.3 Å². The maximum Gasteiger partial charge on any atom is 0.170 e. The van der Waals surface area contributed by atoms with E-state index < -0.39 is 0 Å². The molecule has 144 valence electrons. The molecule has 0 saturated carbocycles. The summed E-state index contributed by atoms with van der Waals surface area (Å²) in [5, 5.41) is 14.9. The van der Waals surface area contributed by atoms with Crippen LogP contribution in [0.5, 0.6) is 0 Å². The van der Waals surface area contributed by atoms with E-state index in [1.807, 2.05) is 59.5 Å². The van der Waals surface area contributed by atoms with E-state index in [-0.39, 0.29) is 18.7 Å². The molecule has 2 atom stereocenters. The number of nitrogens with one attached hydrogen (secondary N) is 1. The quantitative estimate of drug-likeness (QED) is 0.559. The molecule has 28 heavy (non-hydrogen) atoms. The smallest absolute Gasteiger partial charge is 0.170 e. The van der Waals surface area contributed by atoms with Crippen molar-refractivity contribution in [3.8, 4) is 0 Å². The predicted molar refractivity (Wildman–Crippen MR) is 114 cm³/mol. The number of pyridine rings is 1. The lowest BCUT2D eigenvalue weighted by molar-refractivity contribution is 0.204. The van der Waals surface area contributed by atoms with Crippen LogP contribution in [0.15, 0.2) is 75.2 Å². The van der Waals surface area contributed by atoms with Crippen LogP contribution in [-0.4, -0.2) is 33.3 Å². The minimum Gasteiger partial charge on any atom is -0.452 e. The maximum atomic E-state index is 9.50. The summed E-state index contributed by atoms with van der Waals surface area (Å²) in [7, 11) is 0. The first-order chi connectivity index (χ1) is 13.7. The molecule has 8 heteroatoms. The number of rotatable bonds is 6. The Hall–Kier alpha value is -2.06. The van der Waals surface area contributed by atoms with Gasteiger partial charge in [-0.05, 0) is 60.7 Å². The van der Waals surface area contributed by atoms with Crippen molar-refractivity contribution in [1.82, 2.24) is 15.2 Å². The topological polar surface area (TPSA) is 61.5 Å². The molecular weight excluding hydrogens is 414 g/mol. The Morgan fingerprint density at radius 1 is 1.18 bits per heavy atom. The number of aromatic nitrogens is 1. The SMILES string of the molecule is OCCN1C(=S)N[C@H](c2ccccn2)[C@@H]1c1ccc(Sc2ccc(Cl)cc2)o1. The van der Waals surface area contributed by atoms with Gasteiger partial charge in [-0.3, -0.25) is 4.98 Å². The number of aliphatic hydroxyl groups is 1. The molecule has 1 saturated heterocycles. The monoisotopic (exact) mass is 431 g/mol. The van der Waals surface area contributed by atoms with Gasteiger partial charge in [0.25, 0.3) is 0 Å². The second kappa shape index (κ2) is 8.53. The molecule has 1 fully saturated rings. The third-order valence-electron chi connectivity index (χ3n) is 4.46. The second-order valence-corrected chi connectivity index (χ2v) is 8.16. The van der Waals surface area contributed by atoms with E-state index in [0.29, 0.717) is 16.7 Å². The fourth-order valence-corrected chi connectivity index (χ4v) is 4.47. The van der Waals surface area contributed by atoms with Gasteiger partial charge in [0.15, 0.2) is 10.2 Å². The maximum absolute atomic E-state index is 9.50. The normalized spacial score (nSPS) is 19.1. The molecule has 2 aromatic heterocycles. The van der Waals surface area contributed by atoms with Gasteiger partial charge in [0.05, 0.1) is 18.3 Å². The molecule has 1 aliphatic rings. The van der Waals surface area contributed by atoms with Gasteiger partial charge in [0.2, 0.25) is 0 Å². The highest BCUT2D eigenvalue weighted by Gasteiger charge is 2.41. The first kappa shape index (κ1) is 19.3. The summed E-state index contributed by atoms with van der Waals surface area (Å²) >= 11 is 13.0. The van der Waals surface area contributed by atoms with Crippen molar-refractivity contribution >= 4 is 40.7 Å². The third kappa shape index (κ3) is 4.03. The first-order valence-corrected chi connectivity index (χ1v) is 10.4. The van der Waals surface area contributed by atoms with Gasteiger partial charge in [0.1, 0.15) is 11.8 Å². The van der Waals surface area contributed by atoms with E-state index >= 15 is 0 Å². The summed E-state index contributed by atoms with van der Waals surface area (Å²) < 4.78 is 6.16. The molecular formula is C20H18ClN3O2S2.